The smallest absolute Gasteiger partial charge is 0.178 e. The van der Waals surface area contributed by atoms with E-state index in [4.69, 9.17) is 0 Å². The summed E-state index contributed by atoms with van der Waals surface area (Å²) < 4.78 is 0. The number of carbonyl (C=O) groups is 1. The molecule has 17 heavy (non-hydrogen) atoms. The maximum atomic E-state index is 12.0. The van der Waals surface area contributed by atoms with E-state index >= 15 is 0 Å². The summed E-state index contributed by atoms with van der Waals surface area (Å²) in [6, 6.07) is 3.75. The molecule has 4 nitrogen and oxygen atoms in total. The Bertz CT molecular complexity index is 367. The molecule has 0 saturated carbocycles. The molecule has 1 fully saturated rings. The third-order valence-electron chi connectivity index (χ3n) is 3.03. The van der Waals surface area contributed by atoms with E-state index in [-0.39, 0.29) is 5.78 Å². The highest BCUT2D eigenvalue weighted by atomic mass is 16.1. The first-order valence-electron chi connectivity index (χ1n) is 6.14. The summed E-state index contributed by atoms with van der Waals surface area (Å²) in [5.41, 5.74) is 1.66. The highest BCUT2D eigenvalue weighted by molar-refractivity contribution is 5.97. The van der Waals surface area contributed by atoms with Crippen LogP contribution < -0.4 is 5.32 Å². The molecule has 0 radical (unpaired) electrons. The van der Waals surface area contributed by atoms with Gasteiger partial charge < -0.3 is 5.32 Å². The fraction of sp³-hybridized carbons (Fsp3) is 0.538. The normalized spacial score (nSPS) is 17.7. The van der Waals surface area contributed by atoms with Gasteiger partial charge in [0.25, 0.3) is 0 Å². The molecule has 0 amide bonds. The Morgan fingerprint density at radius 2 is 2.29 bits per heavy atom. The number of rotatable bonds is 3. The largest absolute Gasteiger partial charge is 0.315 e. The highest BCUT2D eigenvalue weighted by Crippen LogP contribution is 2.03. The van der Waals surface area contributed by atoms with E-state index in [1.807, 2.05) is 19.1 Å². The summed E-state index contributed by atoms with van der Waals surface area (Å²) >= 11 is 0. The average molecular weight is 233 g/mol. The van der Waals surface area contributed by atoms with Gasteiger partial charge in [0.2, 0.25) is 0 Å². The molecule has 0 spiro atoms. The van der Waals surface area contributed by atoms with Gasteiger partial charge in [-0.15, -0.1) is 0 Å². The van der Waals surface area contributed by atoms with Crippen molar-refractivity contribution in [1.82, 2.24) is 15.2 Å². The van der Waals surface area contributed by atoms with Gasteiger partial charge in [-0.05, 0) is 38.6 Å². The summed E-state index contributed by atoms with van der Waals surface area (Å²) in [5.74, 6) is 0.166. The van der Waals surface area contributed by atoms with E-state index in [1.54, 1.807) is 6.20 Å². The number of carbonyl (C=O) groups excluding carboxylic acids is 1. The lowest BCUT2D eigenvalue weighted by atomic mass is 10.1. The quantitative estimate of drug-likeness (QED) is 0.787. The number of nitrogens with one attached hydrogen (secondary N) is 1. The second-order valence-electron chi connectivity index (χ2n) is 4.49. The first-order chi connectivity index (χ1) is 8.25. The third kappa shape index (κ3) is 3.61. The van der Waals surface area contributed by atoms with Crippen LogP contribution in [0.2, 0.25) is 0 Å². The van der Waals surface area contributed by atoms with Crippen LogP contribution in [0.1, 0.15) is 22.5 Å². The minimum absolute atomic E-state index is 0.166. The molecule has 1 saturated heterocycles. The Morgan fingerprint density at radius 3 is 3.06 bits per heavy atom. The number of Topliss-reactive ketones (excluding diaryl/α,β-unsaturated/α-hetero) is 1. The third-order valence-corrected chi connectivity index (χ3v) is 3.03. The van der Waals surface area contributed by atoms with Crippen LogP contribution in [0.15, 0.2) is 18.3 Å². The Morgan fingerprint density at radius 1 is 1.41 bits per heavy atom. The average Bonchev–Trinajstić information content (AvgIpc) is 2.58. The number of nitrogens with zero attached hydrogens (tertiary/aromatic N) is 2. The highest BCUT2D eigenvalue weighted by Gasteiger charge is 2.14. The number of pyridine rings is 1. The Balaban J connectivity index is 1.93. The molecule has 1 aliphatic rings. The van der Waals surface area contributed by atoms with E-state index in [0.29, 0.717) is 12.1 Å². The van der Waals surface area contributed by atoms with Crippen LogP contribution >= 0.6 is 0 Å². The van der Waals surface area contributed by atoms with Crippen molar-refractivity contribution in [2.24, 2.45) is 0 Å². The zero-order valence-corrected chi connectivity index (χ0v) is 10.3. The van der Waals surface area contributed by atoms with Crippen molar-refractivity contribution in [2.45, 2.75) is 13.3 Å². The molecule has 1 aromatic rings. The van der Waals surface area contributed by atoms with Gasteiger partial charge in [0.05, 0.1) is 6.54 Å². The maximum absolute atomic E-state index is 12.0. The zero-order chi connectivity index (χ0) is 12.1. The van der Waals surface area contributed by atoms with Crippen LogP contribution in [0.3, 0.4) is 0 Å². The van der Waals surface area contributed by atoms with Gasteiger partial charge in [0.1, 0.15) is 0 Å². The van der Waals surface area contributed by atoms with Crippen molar-refractivity contribution in [2.75, 3.05) is 32.7 Å². The number of hydrogen-bond acceptors (Lipinski definition) is 4. The monoisotopic (exact) mass is 233 g/mol. The summed E-state index contributed by atoms with van der Waals surface area (Å²) in [6.07, 6.45) is 2.78. The van der Waals surface area contributed by atoms with E-state index in [9.17, 15) is 4.79 Å². The van der Waals surface area contributed by atoms with Gasteiger partial charge >= 0.3 is 0 Å². The summed E-state index contributed by atoms with van der Waals surface area (Å²) in [4.78, 5) is 18.4. The molecule has 1 aromatic heterocycles. The van der Waals surface area contributed by atoms with E-state index < -0.39 is 0 Å². The lowest BCUT2D eigenvalue weighted by Crippen LogP contribution is -2.33. The SMILES string of the molecule is Cc1ccc(C(=O)CN2CCCNCC2)cn1. The molecular weight excluding hydrogens is 214 g/mol. The van der Waals surface area contributed by atoms with Crippen molar-refractivity contribution in [3.8, 4) is 0 Å². The van der Waals surface area contributed by atoms with Gasteiger partial charge in [0.15, 0.2) is 5.78 Å². The Labute approximate surface area is 102 Å². The van der Waals surface area contributed by atoms with Crippen LogP contribution in [-0.2, 0) is 0 Å². The molecular formula is C13H19N3O. The maximum Gasteiger partial charge on any atom is 0.178 e. The van der Waals surface area contributed by atoms with Gasteiger partial charge in [-0.2, -0.15) is 0 Å². The van der Waals surface area contributed by atoms with Crippen LogP contribution in [0, 0.1) is 6.92 Å². The van der Waals surface area contributed by atoms with Crippen molar-refractivity contribution in [3.05, 3.63) is 29.6 Å². The lowest BCUT2D eigenvalue weighted by Gasteiger charge is -2.18. The van der Waals surface area contributed by atoms with Gasteiger partial charge in [0, 0.05) is 30.5 Å². The summed E-state index contributed by atoms with van der Waals surface area (Å²) in [7, 11) is 0. The van der Waals surface area contributed by atoms with Crippen molar-refractivity contribution in [3.63, 3.8) is 0 Å². The fourth-order valence-corrected chi connectivity index (χ4v) is 1.99. The number of aryl methyl sites for hydroxylation is 1. The minimum atomic E-state index is 0.166. The van der Waals surface area contributed by atoms with Crippen LogP contribution in [0.5, 0.6) is 0 Å². The Kier molecular flexibility index (Phi) is 4.23. The molecule has 2 heterocycles. The fourth-order valence-electron chi connectivity index (χ4n) is 1.99. The van der Waals surface area contributed by atoms with Gasteiger partial charge in [-0.25, -0.2) is 0 Å². The second kappa shape index (κ2) is 5.89. The molecule has 0 aromatic carbocycles. The minimum Gasteiger partial charge on any atom is -0.315 e. The molecule has 1 N–H and O–H groups in total. The molecule has 0 aliphatic carbocycles. The Hall–Kier alpha value is -1.26. The van der Waals surface area contributed by atoms with E-state index in [0.717, 1.165) is 38.3 Å². The summed E-state index contributed by atoms with van der Waals surface area (Å²) in [6.45, 7) is 6.40. The van der Waals surface area contributed by atoms with E-state index in [2.05, 4.69) is 15.2 Å². The number of hydrogen-bond donors (Lipinski definition) is 1. The van der Waals surface area contributed by atoms with Crippen LogP contribution in [-0.4, -0.2) is 48.4 Å². The van der Waals surface area contributed by atoms with Gasteiger partial charge in [-0.1, -0.05) is 0 Å². The lowest BCUT2D eigenvalue weighted by molar-refractivity contribution is 0.0934. The number of aromatic nitrogens is 1. The molecule has 4 heteroatoms. The molecule has 92 valence electrons. The first-order valence-corrected chi connectivity index (χ1v) is 6.14. The first kappa shape index (κ1) is 12.2. The predicted molar refractivity (Wildman–Crippen MR) is 67.2 cm³/mol. The van der Waals surface area contributed by atoms with Crippen molar-refractivity contribution < 1.29 is 4.79 Å². The molecule has 1 aliphatic heterocycles. The summed E-state index contributed by atoms with van der Waals surface area (Å²) in [5, 5.41) is 3.33. The molecule has 0 atom stereocenters. The van der Waals surface area contributed by atoms with Crippen LogP contribution in [0.4, 0.5) is 0 Å². The van der Waals surface area contributed by atoms with Crippen LogP contribution in [0.25, 0.3) is 0 Å². The standard InChI is InChI=1S/C13H19N3O/c1-11-3-4-12(9-15-11)13(17)10-16-7-2-5-14-6-8-16/h3-4,9,14H,2,5-8,10H2,1H3. The number of ketones is 1. The van der Waals surface area contributed by atoms with Crippen molar-refractivity contribution in [1.29, 1.82) is 0 Å². The molecule has 2 rings (SSSR count). The predicted octanol–water partition coefficient (Wildman–Crippen LogP) is 0.868. The molecule has 0 bridgehead atoms. The van der Waals surface area contributed by atoms with Crippen molar-refractivity contribution >= 4 is 5.78 Å². The molecule has 0 unspecified atom stereocenters. The van der Waals surface area contributed by atoms with Gasteiger partial charge in [-0.3, -0.25) is 14.7 Å². The second-order valence-corrected chi connectivity index (χ2v) is 4.49. The zero-order valence-electron chi connectivity index (χ0n) is 10.3. The topological polar surface area (TPSA) is 45.2 Å². The van der Waals surface area contributed by atoms with E-state index in [1.165, 1.54) is 0 Å².